The molecule has 1 atom stereocenters. The number of carboxylic acid groups (broad SMARTS) is 1. The van der Waals surface area contributed by atoms with Crippen LogP contribution in [0.5, 0.6) is 5.75 Å². The quantitative estimate of drug-likeness (QED) is 0.437. The molecule has 3 rings (SSSR count). The molecule has 0 spiro atoms. The fraction of sp³-hybridized carbons (Fsp3) is 0.208. The van der Waals surface area contributed by atoms with E-state index in [2.05, 4.69) is 5.32 Å². The SMILES string of the molecule is COc1cc(-c2ccc(CCNCC(O)c3cccc(Cl)c3)cc2)ccc1C(=O)O. The second kappa shape index (κ2) is 10.3. The Morgan fingerprint density at radius 3 is 2.47 bits per heavy atom. The first-order valence-electron chi connectivity index (χ1n) is 9.63. The van der Waals surface area contributed by atoms with E-state index in [9.17, 15) is 15.0 Å². The summed E-state index contributed by atoms with van der Waals surface area (Å²) in [7, 11) is 1.46. The number of rotatable bonds is 9. The minimum Gasteiger partial charge on any atom is -0.496 e. The molecular weight excluding hydrogens is 402 g/mol. The van der Waals surface area contributed by atoms with Gasteiger partial charge in [0.15, 0.2) is 0 Å². The predicted octanol–water partition coefficient (Wildman–Crippen LogP) is 4.58. The van der Waals surface area contributed by atoms with Crippen LogP contribution in [0.4, 0.5) is 0 Å². The first-order chi connectivity index (χ1) is 14.5. The number of aliphatic hydroxyl groups excluding tert-OH is 1. The van der Waals surface area contributed by atoms with Gasteiger partial charge in [-0.25, -0.2) is 4.79 Å². The first-order valence-corrected chi connectivity index (χ1v) is 10.0. The van der Waals surface area contributed by atoms with Gasteiger partial charge in [-0.1, -0.05) is 54.1 Å². The largest absolute Gasteiger partial charge is 0.496 e. The normalized spacial score (nSPS) is 11.8. The van der Waals surface area contributed by atoms with Crippen LogP contribution >= 0.6 is 11.6 Å². The molecule has 5 nitrogen and oxygen atoms in total. The van der Waals surface area contributed by atoms with E-state index in [1.54, 1.807) is 30.3 Å². The van der Waals surface area contributed by atoms with E-state index in [1.807, 2.05) is 36.4 Å². The highest BCUT2D eigenvalue weighted by molar-refractivity contribution is 6.30. The number of aliphatic hydroxyl groups is 1. The Balaban J connectivity index is 1.54. The van der Waals surface area contributed by atoms with Gasteiger partial charge in [0.25, 0.3) is 0 Å². The number of hydrogen-bond donors (Lipinski definition) is 3. The Kier molecular flexibility index (Phi) is 7.46. The standard InChI is InChI=1S/C24H24ClNO4/c1-30-23-14-18(9-10-21(23)24(28)29)17-7-5-16(6-8-17)11-12-26-15-22(27)19-3-2-4-20(25)13-19/h2-10,13-14,22,26-27H,11-12,15H2,1H3,(H,28,29). The molecule has 3 N–H and O–H groups in total. The smallest absolute Gasteiger partial charge is 0.339 e. The van der Waals surface area contributed by atoms with Crippen molar-refractivity contribution in [3.63, 3.8) is 0 Å². The van der Waals surface area contributed by atoms with Crippen LogP contribution in [0.15, 0.2) is 66.7 Å². The minimum atomic E-state index is -1.01. The summed E-state index contributed by atoms with van der Waals surface area (Å²) in [6.45, 7) is 1.19. The van der Waals surface area contributed by atoms with Gasteiger partial charge >= 0.3 is 5.97 Å². The van der Waals surface area contributed by atoms with Gasteiger partial charge in [-0.2, -0.15) is 0 Å². The molecule has 156 valence electrons. The number of methoxy groups -OCH3 is 1. The maximum atomic E-state index is 11.2. The van der Waals surface area contributed by atoms with E-state index in [0.717, 1.165) is 35.2 Å². The van der Waals surface area contributed by atoms with Gasteiger partial charge in [-0.15, -0.1) is 0 Å². The van der Waals surface area contributed by atoms with Crippen molar-refractivity contribution in [2.24, 2.45) is 0 Å². The van der Waals surface area contributed by atoms with Gasteiger partial charge in [-0.3, -0.25) is 0 Å². The molecule has 0 aromatic heterocycles. The average molecular weight is 426 g/mol. The third-order valence-corrected chi connectivity index (χ3v) is 5.12. The number of nitrogens with one attached hydrogen (secondary N) is 1. The maximum absolute atomic E-state index is 11.2. The molecule has 0 heterocycles. The zero-order valence-corrected chi connectivity index (χ0v) is 17.4. The van der Waals surface area contributed by atoms with E-state index in [-0.39, 0.29) is 5.56 Å². The van der Waals surface area contributed by atoms with E-state index in [1.165, 1.54) is 7.11 Å². The highest BCUT2D eigenvalue weighted by atomic mass is 35.5. The first kappa shape index (κ1) is 21.8. The van der Waals surface area contributed by atoms with E-state index >= 15 is 0 Å². The van der Waals surface area contributed by atoms with Crippen LogP contribution < -0.4 is 10.1 Å². The molecule has 0 aliphatic heterocycles. The van der Waals surface area contributed by atoms with Crippen molar-refractivity contribution in [1.29, 1.82) is 0 Å². The third kappa shape index (κ3) is 5.60. The molecule has 3 aromatic carbocycles. The number of halogens is 1. The second-order valence-corrected chi connectivity index (χ2v) is 7.38. The summed E-state index contributed by atoms with van der Waals surface area (Å²) in [5.41, 5.74) is 3.98. The molecule has 30 heavy (non-hydrogen) atoms. The molecule has 0 saturated carbocycles. The summed E-state index contributed by atoms with van der Waals surface area (Å²) < 4.78 is 5.20. The molecule has 3 aromatic rings. The number of carbonyl (C=O) groups is 1. The summed E-state index contributed by atoms with van der Waals surface area (Å²) in [5, 5.41) is 23.3. The van der Waals surface area contributed by atoms with Crippen LogP contribution in [0.3, 0.4) is 0 Å². The van der Waals surface area contributed by atoms with Crippen LogP contribution in [0.1, 0.15) is 27.6 Å². The molecule has 0 saturated heterocycles. The van der Waals surface area contributed by atoms with Crippen LogP contribution in [0, 0.1) is 0 Å². The van der Waals surface area contributed by atoms with Crippen molar-refractivity contribution < 1.29 is 19.7 Å². The summed E-state index contributed by atoms with van der Waals surface area (Å²) >= 11 is 5.96. The molecule has 0 fully saturated rings. The number of carboxylic acids is 1. The van der Waals surface area contributed by atoms with Crippen molar-refractivity contribution in [2.45, 2.75) is 12.5 Å². The molecule has 0 aliphatic rings. The summed E-state index contributed by atoms with van der Waals surface area (Å²) in [6, 6.07) is 20.4. The topological polar surface area (TPSA) is 78.8 Å². The van der Waals surface area contributed by atoms with Crippen LogP contribution in [-0.2, 0) is 6.42 Å². The minimum absolute atomic E-state index is 0.143. The van der Waals surface area contributed by atoms with Gasteiger partial charge in [0.05, 0.1) is 13.2 Å². The fourth-order valence-corrected chi connectivity index (χ4v) is 3.41. The van der Waals surface area contributed by atoms with E-state index < -0.39 is 12.1 Å². The fourth-order valence-electron chi connectivity index (χ4n) is 3.21. The summed E-state index contributed by atoms with van der Waals surface area (Å²) in [4.78, 5) is 11.2. The van der Waals surface area contributed by atoms with Gasteiger partial charge in [0.2, 0.25) is 0 Å². The number of ether oxygens (including phenoxy) is 1. The molecular formula is C24H24ClNO4. The van der Waals surface area contributed by atoms with Gasteiger partial charge < -0.3 is 20.3 Å². The highest BCUT2D eigenvalue weighted by Crippen LogP contribution is 2.27. The van der Waals surface area contributed by atoms with Crippen LogP contribution in [-0.4, -0.2) is 36.4 Å². The lowest BCUT2D eigenvalue weighted by molar-refractivity contribution is 0.0693. The molecule has 1 unspecified atom stereocenters. The van der Waals surface area contributed by atoms with Crippen LogP contribution in [0.25, 0.3) is 11.1 Å². The summed E-state index contributed by atoms with van der Waals surface area (Å²) in [6.07, 6.45) is 0.221. The molecule has 0 bridgehead atoms. The number of aromatic carboxylic acids is 1. The zero-order chi connectivity index (χ0) is 21.5. The molecule has 0 amide bonds. The summed E-state index contributed by atoms with van der Waals surface area (Å²) in [5.74, 6) is -0.673. The monoisotopic (exact) mass is 425 g/mol. The Hall–Kier alpha value is -2.86. The Morgan fingerprint density at radius 2 is 1.80 bits per heavy atom. The second-order valence-electron chi connectivity index (χ2n) is 6.94. The molecule has 0 radical (unpaired) electrons. The van der Waals surface area contributed by atoms with E-state index in [0.29, 0.717) is 17.3 Å². The highest BCUT2D eigenvalue weighted by Gasteiger charge is 2.12. The number of benzene rings is 3. The van der Waals surface area contributed by atoms with Gasteiger partial charge in [0, 0.05) is 11.6 Å². The maximum Gasteiger partial charge on any atom is 0.339 e. The van der Waals surface area contributed by atoms with Crippen molar-refractivity contribution in [3.8, 4) is 16.9 Å². The Bertz CT molecular complexity index is 1000. The van der Waals surface area contributed by atoms with Gasteiger partial charge in [-0.05, 0) is 59.5 Å². The van der Waals surface area contributed by atoms with Crippen molar-refractivity contribution in [3.05, 3.63) is 88.4 Å². The molecule has 0 aliphatic carbocycles. The lowest BCUT2D eigenvalue weighted by atomic mass is 10.0. The van der Waals surface area contributed by atoms with Gasteiger partial charge in [0.1, 0.15) is 11.3 Å². The zero-order valence-electron chi connectivity index (χ0n) is 16.6. The Labute approximate surface area is 180 Å². The molecule has 6 heteroatoms. The van der Waals surface area contributed by atoms with Crippen molar-refractivity contribution in [1.82, 2.24) is 5.32 Å². The lowest BCUT2D eigenvalue weighted by Gasteiger charge is -2.13. The van der Waals surface area contributed by atoms with Crippen molar-refractivity contribution in [2.75, 3.05) is 20.2 Å². The Morgan fingerprint density at radius 1 is 1.07 bits per heavy atom. The third-order valence-electron chi connectivity index (χ3n) is 4.88. The lowest BCUT2D eigenvalue weighted by Crippen LogP contribution is -2.23. The number of hydrogen-bond acceptors (Lipinski definition) is 4. The van der Waals surface area contributed by atoms with Crippen molar-refractivity contribution >= 4 is 17.6 Å². The predicted molar refractivity (Wildman–Crippen MR) is 118 cm³/mol. The average Bonchev–Trinajstić information content (AvgIpc) is 2.76. The van der Waals surface area contributed by atoms with Crippen LogP contribution in [0.2, 0.25) is 5.02 Å². The van der Waals surface area contributed by atoms with E-state index in [4.69, 9.17) is 16.3 Å².